The Kier molecular flexibility index (Phi) is 5.74. The Hall–Kier alpha value is -2.19. The molecule has 0 bridgehead atoms. The van der Waals surface area contributed by atoms with Gasteiger partial charge in [-0.25, -0.2) is 8.42 Å². The first-order chi connectivity index (χ1) is 11.4. The molecule has 0 saturated heterocycles. The number of rotatable bonds is 6. The van der Waals surface area contributed by atoms with Gasteiger partial charge in [-0.2, -0.15) is 4.31 Å². The number of esters is 1. The zero-order valence-corrected chi connectivity index (χ0v) is 14.4. The van der Waals surface area contributed by atoms with Crippen LogP contribution in [-0.2, 0) is 24.3 Å². The van der Waals surface area contributed by atoms with Crippen molar-refractivity contribution in [2.75, 3.05) is 19.7 Å². The van der Waals surface area contributed by atoms with E-state index in [1.54, 1.807) is 25.1 Å². The molecule has 0 radical (unpaired) electrons. The zero-order valence-electron chi connectivity index (χ0n) is 13.6. The summed E-state index contributed by atoms with van der Waals surface area (Å²) in [6.45, 7) is 3.55. The third-order valence-electron chi connectivity index (χ3n) is 3.52. The van der Waals surface area contributed by atoms with Crippen LogP contribution in [-0.4, -0.2) is 50.3 Å². The molecule has 0 aliphatic carbocycles. The number of carbonyl (C=O) groups is 2. The van der Waals surface area contributed by atoms with E-state index in [1.807, 2.05) is 6.92 Å². The Labute approximate surface area is 141 Å². The second-order valence-corrected chi connectivity index (χ2v) is 7.17. The highest BCUT2D eigenvalue weighted by Gasteiger charge is 2.36. The van der Waals surface area contributed by atoms with E-state index in [0.29, 0.717) is 0 Å². The number of sulfonamides is 1. The summed E-state index contributed by atoms with van der Waals surface area (Å²) in [5, 5.41) is 2.40. The highest BCUT2D eigenvalue weighted by molar-refractivity contribution is 7.89. The Morgan fingerprint density at radius 2 is 1.96 bits per heavy atom. The zero-order chi connectivity index (χ0) is 17.7. The van der Waals surface area contributed by atoms with Crippen molar-refractivity contribution in [1.82, 2.24) is 9.62 Å². The van der Waals surface area contributed by atoms with Crippen LogP contribution < -0.4 is 5.32 Å². The molecule has 24 heavy (non-hydrogen) atoms. The van der Waals surface area contributed by atoms with Gasteiger partial charge in [-0.15, -0.1) is 0 Å². The number of benzene rings is 1. The second-order valence-electron chi connectivity index (χ2n) is 5.28. The first kappa shape index (κ1) is 18.2. The quantitative estimate of drug-likeness (QED) is 0.598. The number of amides is 1. The summed E-state index contributed by atoms with van der Waals surface area (Å²) in [5.41, 5.74) is 0.942. The molecule has 130 valence electrons. The van der Waals surface area contributed by atoms with Crippen LogP contribution in [0.5, 0.6) is 0 Å². The van der Waals surface area contributed by atoms with Crippen molar-refractivity contribution in [3.8, 4) is 0 Å². The van der Waals surface area contributed by atoms with Crippen LogP contribution >= 0.6 is 0 Å². The molecule has 1 unspecified atom stereocenters. The Morgan fingerprint density at radius 3 is 2.58 bits per heavy atom. The summed E-state index contributed by atoms with van der Waals surface area (Å²) in [6, 6.07) is 5.44. The van der Waals surface area contributed by atoms with E-state index >= 15 is 0 Å². The summed E-state index contributed by atoms with van der Waals surface area (Å²) in [6.07, 6.45) is 3.12. The van der Waals surface area contributed by atoms with E-state index in [1.165, 1.54) is 18.2 Å². The molecule has 1 aromatic carbocycles. The number of carbonyl (C=O) groups excluding carboxylic acids is 2. The molecule has 0 saturated carbocycles. The molecule has 0 spiro atoms. The number of aryl methyl sites for hydroxylation is 1. The van der Waals surface area contributed by atoms with Gasteiger partial charge in [0.15, 0.2) is 0 Å². The van der Waals surface area contributed by atoms with Gasteiger partial charge in [-0.3, -0.25) is 9.59 Å². The smallest absolute Gasteiger partial charge is 0.325 e. The maximum atomic E-state index is 12.7. The van der Waals surface area contributed by atoms with Crippen LogP contribution in [0.2, 0.25) is 0 Å². The summed E-state index contributed by atoms with van der Waals surface area (Å²) >= 11 is 0. The lowest BCUT2D eigenvalue weighted by Crippen LogP contribution is -2.47. The summed E-state index contributed by atoms with van der Waals surface area (Å²) in [4.78, 5) is 23.7. The molecule has 8 heteroatoms. The van der Waals surface area contributed by atoms with Gasteiger partial charge in [-0.1, -0.05) is 29.8 Å². The van der Waals surface area contributed by atoms with E-state index in [4.69, 9.17) is 4.74 Å². The highest BCUT2D eigenvalue weighted by Crippen LogP contribution is 2.22. The topological polar surface area (TPSA) is 92.8 Å². The third kappa shape index (κ3) is 4.01. The lowest BCUT2D eigenvalue weighted by Gasteiger charge is -2.23. The van der Waals surface area contributed by atoms with Gasteiger partial charge in [0.2, 0.25) is 15.9 Å². The van der Waals surface area contributed by atoms with Crippen molar-refractivity contribution in [3.63, 3.8) is 0 Å². The van der Waals surface area contributed by atoms with Gasteiger partial charge < -0.3 is 10.1 Å². The average molecular weight is 352 g/mol. The van der Waals surface area contributed by atoms with Gasteiger partial charge in [0.25, 0.3) is 0 Å². The molecule has 0 aromatic heterocycles. The van der Waals surface area contributed by atoms with E-state index in [0.717, 1.165) is 9.87 Å². The largest absolute Gasteiger partial charge is 0.465 e. The van der Waals surface area contributed by atoms with Crippen LogP contribution in [0.15, 0.2) is 41.3 Å². The van der Waals surface area contributed by atoms with Crippen molar-refractivity contribution in [2.45, 2.75) is 24.8 Å². The first-order valence-electron chi connectivity index (χ1n) is 7.54. The van der Waals surface area contributed by atoms with E-state index in [2.05, 4.69) is 5.32 Å². The number of hydrogen-bond acceptors (Lipinski definition) is 5. The minimum Gasteiger partial charge on any atom is -0.465 e. The van der Waals surface area contributed by atoms with Gasteiger partial charge in [0.05, 0.1) is 11.5 Å². The van der Waals surface area contributed by atoms with Crippen LogP contribution in [0.4, 0.5) is 0 Å². The summed E-state index contributed by atoms with van der Waals surface area (Å²) < 4.78 is 31.3. The molecule has 2 rings (SSSR count). The Bertz CT molecular complexity index is 740. The lowest BCUT2D eigenvalue weighted by atomic mass is 10.2. The molecule has 1 aliphatic heterocycles. The number of nitrogens with one attached hydrogen (secondary N) is 1. The molecule has 1 aliphatic rings. The lowest BCUT2D eigenvalue weighted by molar-refractivity contribution is -0.143. The van der Waals surface area contributed by atoms with Crippen molar-refractivity contribution in [1.29, 1.82) is 0 Å². The number of hydrogen-bond donors (Lipinski definition) is 1. The fraction of sp³-hybridized carbons (Fsp3) is 0.375. The summed E-state index contributed by atoms with van der Waals surface area (Å²) in [5.74, 6) is -1.13. The van der Waals surface area contributed by atoms with E-state index in [-0.39, 0.29) is 24.6 Å². The molecular weight excluding hydrogens is 332 g/mol. The standard InChI is InChI=1S/C16H20N2O5S/c1-3-23-15(19)11-17-16(20)14-5-4-10-18(14)24(21,22)13-8-6-12(2)7-9-13/h4-9,14H,3,10-11H2,1-2H3,(H,17,20). The van der Waals surface area contributed by atoms with Crippen molar-refractivity contribution in [2.24, 2.45) is 0 Å². The molecule has 7 nitrogen and oxygen atoms in total. The SMILES string of the molecule is CCOC(=O)CNC(=O)C1C=CCN1S(=O)(=O)c1ccc(C)cc1. The molecule has 1 heterocycles. The van der Waals surface area contributed by atoms with Gasteiger partial charge in [-0.05, 0) is 26.0 Å². The number of nitrogens with zero attached hydrogens (tertiary/aromatic N) is 1. The predicted molar refractivity (Wildman–Crippen MR) is 87.6 cm³/mol. The van der Waals surface area contributed by atoms with Gasteiger partial charge in [0, 0.05) is 6.54 Å². The maximum Gasteiger partial charge on any atom is 0.325 e. The van der Waals surface area contributed by atoms with Crippen LogP contribution in [0.3, 0.4) is 0 Å². The Morgan fingerprint density at radius 1 is 1.29 bits per heavy atom. The molecule has 0 fully saturated rings. The third-order valence-corrected chi connectivity index (χ3v) is 5.38. The average Bonchev–Trinajstić information content (AvgIpc) is 3.04. The van der Waals surface area contributed by atoms with Gasteiger partial charge >= 0.3 is 5.97 Å². The highest BCUT2D eigenvalue weighted by atomic mass is 32.2. The summed E-state index contributed by atoms with van der Waals surface area (Å²) in [7, 11) is -3.80. The van der Waals surface area contributed by atoms with Crippen molar-refractivity contribution < 1.29 is 22.7 Å². The fourth-order valence-electron chi connectivity index (χ4n) is 2.29. The van der Waals surface area contributed by atoms with Crippen molar-refractivity contribution >= 4 is 21.9 Å². The van der Waals surface area contributed by atoms with Crippen LogP contribution in [0.25, 0.3) is 0 Å². The van der Waals surface area contributed by atoms with E-state index < -0.39 is 27.9 Å². The maximum absolute atomic E-state index is 12.7. The van der Waals surface area contributed by atoms with Gasteiger partial charge in [0.1, 0.15) is 12.6 Å². The minimum absolute atomic E-state index is 0.105. The molecule has 1 N–H and O–H groups in total. The molecule has 1 aromatic rings. The molecular formula is C16H20N2O5S. The first-order valence-corrected chi connectivity index (χ1v) is 8.98. The normalized spacial score (nSPS) is 17.7. The monoisotopic (exact) mass is 352 g/mol. The predicted octanol–water partition coefficient (Wildman–Crippen LogP) is 0.603. The second kappa shape index (κ2) is 7.59. The van der Waals surface area contributed by atoms with Crippen molar-refractivity contribution in [3.05, 3.63) is 42.0 Å². The van der Waals surface area contributed by atoms with E-state index in [9.17, 15) is 18.0 Å². The molecule has 1 amide bonds. The van der Waals surface area contributed by atoms with Crippen LogP contribution in [0.1, 0.15) is 12.5 Å². The molecule has 1 atom stereocenters. The number of ether oxygens (including phenoxy) is 1. The minimum atomic E-state index is -3.80. The Balaban J connectivity index is 2.11. The van der Waals surface area contributed by atoms with Crippen LogP contribution in [0, 0.1) is 6.92 Å². The fourth-order valence-corrected chi connectivity index (χ4v) is 3.79.